The van der Waals surface area contributed by atoms with Gasteiger partial charge in [0.2, 0.25) is 5.91 Å². The van der Waals surface area contributed by atoms with Crippen molar-refractivity contribution in [1.29, 1.82) is 0 Å². The number of unbranched alkanes of at least 4 members (excludes halogenated alkanes) is 2. The summed E-state index contributed by atoms with van der Waals surface area (Å²) in [6.45, 7) is 4.95. The van der Waals surface area contributed by atoms with E-state index in [0.29, 0.717) is 0 Å². The molecule has 0 aliphatic heterocycles. The van der Waals surface area contributed by atoms with Crippen LogP contribution < -0.4 is 5.32 Å². The smallest absolute Gasteiger partial charge is 0.232 e. The Labute approximate surface area is 115 Å². The first kappa shape index (κ1) is 15.1. The van der Waals surface area contributed by atoms with E-state index in [1.807, 2.05) is 25.1 Å². The molecule has 2 nitrogen and oxygen atoms in total. The zero-order valence-corrected chi connectivity index (χ0v) is 12.1. The number of amides is 1. The zero-order chi connectivity index (χ0) is 13.2. The Morgan fingerprint density at radius 2 is 2.00 bits per heavy atom. The van der Waals surface area contributed by atoms with Crippen LogP contribution in [0.3, 0.4) is 0 Å². The maximum Gasteiger partial charge on any atom is 0.232 e. The predicted octanol–water partition coefficient (Wildman–Crippen LogP) is 3.61. The van der Waals surface area contributed by atoms with Gasteiger partial charge in [0, 0.05) is 12.3 Å². The van der Waals surface area contributed by atoms with Crippen LogP contribution in [-0.4, -0.2) is 17.7 Å². The van der Waals surface area contributed by atoms with Crippen LogP contribution in [0.5, 0.6) is 0 Å². The molecule has 1 unspecified atom stereocenters. The third kappa shape index (κ3) is 6.10. The lowest BCUT2D eigenvalue weighted by molar-refractivity contribution is -0.120. The van der Waals surface area contributed by atoms with Gasteiger partial charge in [-0.2, -0.15) is 0 Å². The number of benzene rings is 1. The molecule has 3 heteroatoms. The molecule has 0 aliphatic rings. The van der Waals surface area contributed by atoms with Crippen molar-refractivity contribution in [3.05, 3.63) is 35.9 Å². The maximum atomic E-state index is 11.8. The van der Waals surface area contributed by atoms with Crippen molar-refractivity contribution >= 4 is 17.7 Å². The molecule has 100 valence electrons. The second-order valence-electron chi connectivity index (χ2n) is 4.44. The molecule has 0 saturated heterocycles. The molecule has 1 rings (SSSR count). The largest absolute Gasteiger partial charge is 0.355 e. The van der Waals surface area contributed by atoms with Crippen LogP contribution in [0.25, 0.3) is 0 Å². The first-order valence-corrected chi connectivity index (χ1v) is 7.72. The van der Waals surface area contributed by atoms with Crippen LogP contribution >= 0.6 is 11.8 Å². The van der Waals surface area contributed by atoms with E-state index < -0.39 is 0 Å². The SMILES string of the molecule is CCCCCNC(=O)C(C)SCc1ccccc1. The Morgan fingerprint density at radius 3 is 2.67 bits per heavy atom. The molecular weight excluding hydrogens is 242 g/mol. The van der Waals surface area contributed by atoms with Crippen LogP contribution in [0.4, 0.5) is 0 Å². The van der Waals surface area contributed by atoms with Crippen molar-refractivity contribution in [3.8, 4) is 0 Å². The molecule has 0 bridgehead atoms. The average molecular weight is 265 g/mol. The summed E-state index contributed by atoms with van der Waals surface area (Å²) in [7, 11) is 0. The second kappa shape index (κ2) is 9.03. The van der Waals surface area contributed by atoms with Gasteiger partial charge in [0.15, 0.2) is 0 Å². The van der Waals surface area contributed by atoms with Crippen LogP contribution in [0.2, 0.25) is 0 Å². The Hall–Kier alpha value is -0.960. The Kier molecular flexibility index (Phi) is 7.58. The molecule has 1 amide bonds. The van der Waals surface area contributed by atoms with Crippen LogP contribution in [0.15, 0.2) is 30.3 Å². The molecule has 0 fully saturated rings. The van der Waals surface area contributed by atoms with Crippen molar-refractivity contribution in [1.82, 2.24) is 5.32 Å². The summed E-state index contributed by atoms with van der Waals surface area (Å²) in [5, 5.41) is 3.01. The van der Waals surface area contributed by atoms with Gasteiger partial charge >= 0.3 is 0 Å². The third-order valence-electron chi connectivity index (χ3n) is 2.79. The normalized spacial score (nSPS) is 12.1. The zero-order valence-electron chi connectivity index (χ0n) is 11.3. The standard InChI is InChI=1S/C15H23NOS/c1-3-4-8-11-16-15(17)13(2)18-12-14-9-6-5-7-10-14/h5-7,9-10,13H,3-4,8,11-12H2,1-2H3,(H,16,17). The van der Waals surface area contributed by atoms with Gasteiger partial charge in [-0.05, 0) is 18.9 Å². The number of thioether (sulfide) groups is 1. The van der Waals surface area contributed by atoms with Gasteiger partial charge in [0.1, 0.15) is 0 Å². The number of rotatable bonds is 8. The molecule has 0 aliphatic carbocycles. The van der Waals surface area contributed by atoms with E-state index in [-0.39, 0.29) is 11.2 Å². The number of carbonyl (C=O) groups is 1. The Balaban J connectivity index is 2.19. The Morgan fingerprint density at radius 1 is 1.28 bits per heavy atom. The summed E-state index contributed by atoms with van der Waals surface area (Å²) in [5.74, 6) is 1.05. The third-order valence-corrected chi connectivity index (χ3v) is 4.01. The topological polar surface area (TPSA) is 29.1 Å². The summed E-state index contributed by atoms with van der Waals surface area (Å²) in [6, 6.07) is 10.3. The molecule has 0 aromatic heterocycles. The second-order valence-corrected chi connectivity index (χ2v) is 5.77. The number of nitrogens with one attached hydrogen (secondary N) is 1. The average Bonchev–Trinajstić information content (AvgIpc) is 2.42. The molecule has 0 radical (unpaired) electrons. The molecule has 0 heterocycles. The molecule has 1 aromatic rings. The quantitative estimate of drug-likeness (QED) is 0.727. The highest BCUT2D eigenvalue weighted by molar-refractivity contribution is 7.99. The van der Waals surface area contributed by atoms with Crippen molar-refractivity contribution in [2.75, 3.05) is 6.54 Å². The summed E-state index contributed by atoms with van der Waals surface area (Å²) >= 11 is 1.69. The molecule has 0 spiro atoms. The Bertz CT molecular complexity index is 340. The highest BCUT2D eigenvalue weighted by Crippen LogP contribution is 2.17. The van der Waals surface area contributed by atoms with Crippen molar-refractivity contribution in [2.45, 2.75) is 44.1 Å². The van der Waals surface area contributed by atoms with E-state index in [1.54, 1.807) is 11.8 Å². The van der Waals surface area contributed by atoms with Gasteiger partial charge in [-0.25, -0.2) is 0 Å². The first-order chi connectivity index (χ1) is 8.74. The molecule has 1 N–H and O–H groups in total. The van der Waals surface area contributed by atoms with Gasteiger partial charge < -0.3 is 5.32 Å². The highest BCUT2D eigenvalue weighted by atomic mass is 32.2. The van der Waals surface area contributed by atoms with Crippen LogP contribution in [-0.2, 0) is 10.5 Å². The monoisotopic (exact) mass is 265 g/mol. The van der Waals surface area contributed by atoms with E-state index in [9.17, 15) is 4.79 Å². The van der Waals surface area contributed by atoms with Gasteiger partial charge in [-0.3, -0.25) is 4.79 Å². The number of hydrogen-bond donors (Lipinski definition) is 1. The fourth-order valence-corrected chi connectivity index (χ4v) is 2.47. The van der Waals surface area contributed by atoms with Crippen LogP contribution in [0, 0.1) is 0 Å². The summed E-state index contributed by atoms with van der Waals surface area (Å²) in [4.78, 5) is 11.8. The minimum Gasteiger partial charge on any atom is -0.355 e. The fraction of sp³-hybridized carbons (Fsp3) is 0.533. The number of hydrogen-bond acceptors (Lipinski definition) is 2. The van der Waals surface area contributed by atoms with Crippen molar-refractivity contribution in [3.63, 3.8) is 0 Å². The van der Waals surface area contributed by atoms with Gasteiger partial charge in [-0.15, -0.1) is 11.8 Å². The van der Waals surface area contributed by atoms with E-state index in [4.69, 9.17) is 0 Å². The van der Waals surface area contributed by atoms with E-state index in [2.05, 4.69) is 24.4 Å². The lowest BCUT2D eigenvalue weighted by Crippen LogP contribution is -2.31. The van der Waals surface area contributed by atoms with E-state index in [1.165, 1.54) is 18.4 Å². The van der Waals surface area contributed by atoms with E-state index in [0.717, 1.165) is 18.7 Å². The number of carbonyl (C=O) groups excluding carboxylic acids is 1. The first-order valence-electron chi connectivity index (χ1n) is 6.67. The highest BCUT2D eigenvalue weighted by Gasteiger charge is 2.12. The van der Waals surface area contributed by atoms with Gasteiger partial charge in [0.25, 0.3) is 0 Å². The van der Waals surface area contributed by atoms with Crippen molar-refractivity contribution in [2.24, 2.45) is 0 Å². The summed E-state index contributed by atoms with van der Waals surface area (Å²) < 4.78 is 0. The minimum atomic E-state index is 0.0202. The van der Waals surface area contributed by atoms with E-state index >= 15 is 0 Å². The minimum absolute atomic E-state index is 0.0202. The predicted molar refractivity (Wildman–Crippen MR) is 79.7 cm³/mol. The maximum absolute atomic E-state index is 11.8. The van der Waals surface area contributed by atoms with Crippen molar-refractivity contribution < 1.29 is 4.79 Å². The fourth-order valence-electron chi connectivity index (χ4n) is 1.60. The summed E-state index contributed by atoms with van der Waals surface area (Å²) in [5.41, 5.74) is 1.27. The van der Waals surface area contributed by atoms with Crippen LogP contribution in [0.1, 0.15) is 38.7 Å². The van der Waals surface area contributed by atoms with Gasteiger partial charge in [-0.1, -0.05) is 50.1 Å². The molecule has 1 atom stereocenters. The lowest BCUT2D eigenvalue weighted by atomic mass is 10.2. The molecule has 1 aromatic carbocycles. The van der Waals surface area contributed by atoms with Gasteiger partial charge in [0.05, 0.1) is 5.25 Å². The molecular formula is C15H23NOS. The lowest BCUT2D eigenvalue weighted by Gasteiger charge is -2.11. The molecule has 18 heavy (non-hydrogen) atoms. The molecule has 0 saturated carbocycles. The summed E-state index contributed by atoms with van der Waals surface area (Å²) in [6.07, 6.45) is 3.46.